The second kappa shape index (κ2) is 11.9. The Hall–Kier alpha value is -4.34. The van der Waals surface area contributed by atoms with Gasteiger partial charge in [0.25, 0.3) is 0 Å². The van der Waals surface area contributed by atoms with Crippen molar-refractivity contribution in [2.75, 3.05) is 0 Å². The second-order valence-electron chi connectivity index (χ2n) is 8.67. The van der Waals surface area contributed by atoms with E-state index in [0.29, 0.717) is 12.8 Å². The molecule has 0 saturated heterocycles. The fourth-order valence-corrected chi connectivity index (χ4v) is 3.70. The summed E-state index contributed by atoms with van der Waals surface area (Å²) in [6.45, 7) is 4.10. The Bertz CT molecular complexity index is 1220. The zero-order valence-corrected chi connectivity index (χ0v) is 20.9. The van der Waals surface area contributed by atoms with Crippen molar-refractivity contribution in [3.05, 3.63) is 115 Å². The lowest BCUT2D eigenvalue weighted by Crippen LogP contribution is -2.03. The van der Waals surface area contributed by atoms with Gasteiger partial charge in [-0.15, -0.1) is 0 Å². The topological polar surface area (TPSA) is 122 Å². The summed E-state index contributed by atoms with van der Waals surface area (Å²) in [5.74, 6) is 1.55. The number of aryl methyl sites for hydroxylation is 6. The van der Waals surface area contributed by atoms with E-state index in [4.69, 9.17) is 0 Å². The van der Waals surface area contributed by atoms with Crippen molar-refractivity contribution >= 4 is 11.6 Å². The molecule has 36 heavy (non-hydrogen) atoms. The van der Waals surface area contributed by atoms with E-state index in [1.54, 1.807) is 14.1 Å². The van der Waals surface area contributed by atoms with Crippen molar-refractivity contribution in [3.63, 3.8) is 0 Å². The maximum Gasteiger partial charge on any atom is 0.342 e. The number of hydrogen-bond donors (Lipinski definition) is 0. The van der Waals surface area contributed by atoms with Gasteiger partial charge in [0.2, 0.25) is 0 Å². The summed E-state index contributed by atoms with van der Waals surface area (Å²) in [6, 6.07) is 16.6. The Morgan fingerprint density at radius 3 is 1.25 bits per heavy atom. The smallest absolute Gasteiger partial charge is 0.342 e. The lowest BCUT2D eigenvalue weighted by Gasteiger charge is -2.01. The molecule has 0 amide bonds. The number of imidazole rings is 2. The van der Waals surface area contributed by atoms with E-state index in [1.165, 1.54) is 43.8 Å². The van der Waals surface area contributed by atoms with E-state index in [2.05, 4.69) is 58.5 Å². The van der Waals surface area contributed by atoms with E-state index in [-0.39, 0.29) is 11.6 Å². The van der Waals surface area contributed by atoms with Crippen LogP contribution in [0.1, 0.15) is 33.9 Å². The van der Waals surface area contributed by atoms with Gasteiger partial charge in [-0.3, -0.25) is 0 Å². The van der Waals surface area contributed by atoms with Gasteiger partial charge in [-0.1, -0.05) is 59.7 Å². The molecule has 0 N–H and O–H groups in total. The number of aromatic nitrogens is 4. The van der Waals surface area contributed by atoms with Crippen LogP contribution in [-0.2, 0) is 39.8 Å². The molecule has 0 spiro atoms. The van der Waals surface area contributed by atoms with Crippen LogP contribution in [0.15, 0.2) is 60.9 Å². The zero-order valence-electron chi connectivity index (χ0n) is 20.9. The van der Waals surface area contributed by atoms with Crippen molar-refractivity contribution < 1.29 is 9.85 Å². The molecule has 10 heteroatoms. The molecule has 0 fully saturated rings. The van der Waals surface area contributed by atoms with Crippen LogP contribution in [0.5, 0.6) is 0 Å². The summed E-state index contributed by atoms with van der Waals surface area (Å²) in [5.41, 5.74) is 4.88. The fourth-order valence-electron chi connectivity index (χ4n) is 3.70. The summed E-state index contributed by atoms with van der Waals surface area (Å²) < 4.78 is 3.07. The monoisotopic (exact) mass is 490 g/mol. The number of nitro groups is 2. The van der Waals surface area contributed by atoms with Gasteiger partial charge in [-0.25, -0.2) is 19.1 Å². The fraction of sp³-hybridized carbons (Fsp3) is 0.308. The predicted octanol–water partition coefficient (Wildman–Crippen LogP) is 4.84. The van der Waals surface area contributed by atoms with E-state index < -0.39 is 9.85 Å². The SMILES string of the molecule is Cc1ccc(CCc2ncc([N+](=O)[O-])n2C)cc1.Cc1ccc(CCc2ncc([N+](=O)[O-])n2C)cc1. The average molecular weight is 491 g/mol. The molecule has 4 aromatic rings. The minimum Gasteiger partial charge on any atom is -0.358 e. The third-order valence-electron chi connectivity index (χ3n) is 6.01. The third kappa shape index (κ3) is 6.84. The Morgan fingerprint density at radius 1 is 0.639 bits per heavy atom. The molecule has 0 atom stereocenters. The number of hydrogen-bond acceptors (Lipinski definition) is 6. The Morgan fingerprint density at radius 2 is 0.972 bits per heavy atom. The summed E-state index contributed by atoms with van der Waals surface area (Å²) in [5, 5.41) is 21.4. The standard InChI is InChI=1S/2C13H15N3O2/c2*1-10-3-5-11(6-4-10)7-8-12-14-9-13(15(12)2)16(17)18/h2*3-6,9H,7-8H2,1-2H3. The van der Waals surface area contributed by atoms with Gasteiger partial charge >= 0.3 is 11.6 Å². The van der Waals surface area contributed by atoms with Crippen LogP contribution in [0, 0.1) is 34.1 Å². The molecule has 2 aromatic carbocycles. The third-order valence-corrected chi connectivity index (χ3v) is 6.01. The highest BCUT2D eigenvalue weighted by atomic mass is 16.6. The van der Waals surface area contributed by atoms with Crippen LogP contribution in [0.4, 0.5) is 11.6 Å². The first kappa shape index (κ1) is 26.3. The van der Waals surface area contributed by atoms with Gasteiger partial charge < -0.3 is 20.2 Å². The second-order valence-corrected chi connectivity index (χ2v) is 8.67. The number of rotatable bonds is 8. The quantitative estimate of drug-likeness (QED) is 0.257. The molecule has 2 aromatic heterocycles. The Labute approximate surface area is 209 Å². The molecule has 0 unspecified atom stereocenters. The van der Waals surface area contributed by atoms with E-state index >= 15 is 0 Å². The first-order valence-corrected chi connectivity index (χ1v) is 11.6. The van der Waals surface area contributed by atoms with Crippen LogP contribution in [0.2, 0.25) is 0 Å². The van der Waals surface area contributed by atoms with Crippen LogP contribution in [0.25, 0.3) is 0 Å². The van der Waals surface area contributed by atoms with Crippen molar-refractivity contribution in [3.8, 4) is 0 Å². The summed E-state index contributed by atoms with van der Waals surface area (Å²) >= 11 is 0. The van der Waals surface area contributed by atoms with Crippen LogP contribution >= 0.6 is 0 Å². The highest BCUT2D eigenvalue weighted by molar-refractivity contribution is 5.24. The molecule has 10 nitrogen and oxygen atoms in total. The maximum absolute atomic E-state index is 10.7. The molecule has 0 bridgehead atoms. The highest BCUT2D eigenvalue weighted by Gasteiger charge is 2.16. The van der Waals surface area contributed by atoms with Crippen LogP contribution < -0.4 is 0 Å². The molecule has 0 radical (unpaired) electrons. The molecule has 4 rings (SSSR count). The van der Waals surface area contributed by atoms with Gasteiger partial charge in [-0.05, 0) is 47.7 Å². The number of nitrogens with zero attached hydrogens (tertiary/aromatic N) is 6. The summed E-state index contributed by atoms with van der Waals surface area (Å²) in [6.07, 6.45) is 5.69. The molecule has 0 aliphatic heterocycles. The van der Waals surface area contributed by atoms with Gasteiger partial charge in [0.15, 0.2) is 11.6 Å². The van der Waals surface area contributed by atoms with Crippen molar-refractivity contribution in [2.24, 2.45) is 14.1 Å². The minimum absolute atomic E-state index is 0.0360. The highest BCUT2D eigenvalue weighted by Crippen LogP contribution is 2.15. The minimum atomic E-state index is -0.414. The zero-order chi connectivity index (χ0) is 26.2. The van der Waals surface area contributed by atoms with Crippen molar-refractivity contribution in [2.45, 2.75) is 39.5 Å². The lowest BCUT2D eigenvalue weighted by molar-refractivity contribution is -0.392. The van der Waals surface area contributed by atoms with Gasteiger partial charge in [0.05, 0.1) is 14.1 Å². The molecule has 188 valence electrons. The lowest BCUT2D eigenvalue weighted by atomic mass is 10.1. The van der Waals surface area contributed by atoms with Crippen molar-refractivity contribution in [1.29, 1.82) is 0 Å². The first-order valence-electron chi connectivity index (χ1n) is 11.6. The summed E-state index contributed by atoms with van der Waals surface area (Å²) in [7, 11) is 3.35. The largest absolute Gasteiger partial charge is 0.358 e. The van der Waals surface area contributed by atoms with Crippen LogP contribution in [0.3, 0.4) is 0 Å². The van der Waals surface area contributed by atoms with Gasteiger partial charge in [-0.2, -0.15) is 0 Å². The van der Waals surface area contributed by atoms with Gasteiger partial charge in [0, 0.05) is 12.8 Å². The first-order chi connectivity index (χ1) is 17.2. The molecular weight excluding hydrogens is 460 g/mol. The normalized spacial score (nSPS) is 10.6. The Balaban J connectivity index is 0.000000201. The molecular formula is C26H30N6O4. The molecule has 2 heterocycles. The average Bonchev–Trinajstić information content (AvgIpc) is 3.41. The number of benzene rings is 2. The van der Waals surface area contributed by atoms with Gasteiger partial charge in [0.1, 0.15) is 12.4 Å². The van der Waals surface area contributed by atoms with E-state index in [0.717, 1.165) is 24.5 Å². The molecule has 0 aliphatic rings. The van der Waals surface area contributed by atoms with E-state index in [1.807, 2.05) is 13.8 Å². The molecule has 0 saturated carbocycles. The summed E-state index contributed by atoms with van der Waals surface area (Å²) in [4.78, 5) is 28.7. The van der Waals surface area contributed by atoms with E-state index in [9.17, 15) is 20.2 Å². The molecule has 0 aliphatic carbocycles. The van der Waals surface area contributed by atoms with Crippen molar-refractivity contribution in [1.82, 2.24) is 19.1 Å². The Kier molecular flexibility index (Phi) is 8.66. The maximum atomic E-state index is 10.7. The van der Waals surface area contributed by atoms with Crippen LogP contribution in [-0.4, -0.2) is 28.9 Å². The predicted molar refractivity (Wildman–Crippen MR) is 137 cm³/mol.